The van der Waals surface area contributed by atoms with E-state index in [4.69, 9.17) is 10.5 Å². The van der Waals surface area contributed by atoms with Crippen molar-refractivity contribution in [3.05, 3.63) is 0 Å². The molecule has 1 aliphatic carbocycles. The Bertz CT molecular complexity index is 304. The largest absolute Gasteiger partial charge is 0.364 e. The number of carbonyl (C=O) groups excluding carboxylic acids is 1. The van der Waals surface area contributed by atoms with Crippen molar-refractivity contribution >= 4 is 18.3 Å². The fourth-order valence-corrected chi connectivity index (χ4v) is 3.30. The first kappa shape index (κ1) is 17.7. The zero-order chi connectivity index (χ0) is 13.8. The van der Waals surface area contributed by atoms with E-state index in [1.807, 2.05) is 0 Å². The second-order valence-electron chi connectivity index (χ2n) is 6.42. The molecule has 0 bridgehead atoms. The summed E-state index contributed by atoms with van der Waals surface area (Å²) >= 11 is 0. The van der Waals surface area contributed by atoms with E-state index >= 15 is 0 Å². The number of carbonyl (C=O) groups is 1. The first-order valence-corrected chi connectivity index (χ1v) is 7.76. The van der Waals surface area contributed by atoms with E-state index in [-0.39, 0.29) is 30.5 Å². The van der Waals surface area contributed by atoms with Crippen LogP contribution in [-0.4, -0.2) is 30.7 Å². The smallest absolute Gasteiger partial charge is 0.249 e. The monoisotopic (exact) mass is 304 g/mol. The van der Waals surface area contributed by atoms with Crippen LogP contribution in [-0.2, 0) is 9.53 Å². The van der Waals surface area contributed by atoms with Gasteiger partial charge in [-0.2, -0.15) is 0 Å². The lowest BCUT2D eigenvalue weighted by molar-refractivity contribution is -0.132. The molecule has 0 aromatic carbocycles. The van der Waals surface area contributed by atoms with Crippen molar-refractivity contribution in [2.24, 2.45) is 17.6 Å². The molecule has 0 unspecified atom stereocenters. The van der Waals surface area contributed by atoms with Gasteiger partial charge in [-0.15, -0.1) is 12.4 Å². The first-order chi connectivity index (χ1) is 9.10. The lowest BCUT2D eigenvalue weighted by Crippen LogP contribution is -2.43. The number of nitrogens with two attached hydrogens (primary N) is 1. The maximum Gasteiger partial charge on any atom is 0.249 e. The SMILES string of the molecule is CC(C)C1CCC(NC(=O)[C@@H]2CC[C@H](CN)O2)CC1.Cl. The van der Waals surface area contributed by atoms with E-state index in [0.29, 0.717) is 12.6 Å². The van der Waals surface area contributed by atoms with E-state index in [1.54, 1.807) is 0 Å². The molecule has 1 heterocycles. The van der Waals surface area contributed by atoms with Gasteiger partial charge in [0.15, 0.2) is 0 Å². The van der Waals surface area contributed by atoms with Gasteiger partial charge < -0.3 is 15.8 Å². The van der Waals surface area contributed by atoms with E-state index in [1.165, 1.54) is 12.8 Å². The van der Waals surface area contributed by atoms with Gasteiger partial charge in [0.2, 0.25) is 5.91 Å². The summed E-state index contributed by atoms with van der Waals surface area (Å²) in [6.45, 7) is 5.11. The molecule has 1 saturated heterocycles. The minimum atomic E-state index is -0.267. The molecule has 0 spiro atoms. The highest BCUT2D eigenvalue weighted by Crippen LogP contribution is 2.30. The molecule has 2 aliphatic rings. The molecule has 0 radical (unpaired) electrons. The molecule has 2 fully saturated rings. The highest BCUT2D eigenvalue weighted by molar-refractivity contribution is 5.85. The van der Waals surface area contributed by atoms with Gasteiger partial charge in [0.25, 0.3) is 0 Å². The van der Waals surface area contributed by atoms with Crippen LogP contribution in [0, 0.1) is 11.8 Å². The summed E-state index contributed by atoms with van der Waals surface area (Å²) in [5.41, 5.74) is 5.57. The fourth-order valence-electron chi connectivity index (χ4n) is 3.30. The van der Waals surface area contributed by atoms with Gasteiger partial charge in [-0.1, -0.05) is 13.8 Å². The van der Waals surface area contributed by atoms with Crippen LogP contribution in [0.25, 0.3) is 0 Å². The van der Waals surface area contributed by atoms with Gasteiger partial charge in [-0.25, -0.2) is 0 Å². The average Bonchev–Trinajstić information content (AvgIpc) is 2.88. The molecule has 0 aromatic rings. The highest BCUT2D eigenvalue weighted by Gasteiger charge is 2.32. The molecule has 118 valence electrons. The highest BCUT2D eigenvalue weighted by atomic mass is 35.5. The van der Waals surface area contributed by atoms with Gasteiger partial charge in [0, 0.05) is 12.6 Å². The van der Waals surface area contributed by atoms with Crippen LogP contribution in [0.5, 0.6) is 0 Å². The summed E-state index contributed by atoms with van der Waals surface area (Å²) in [4.78, 5) is 12.1. The molecule has 1 aliphatic heterocycles. The van der Waals surface area contributed by atoms with Crippen LogP contribution in [0.15, 0.2) is 0 Å². The maximum atomic E-state index is 12.1. The molecule has 1 amide bonds. The van der Waals surface area contributed by atoms with E-state index in [9.17, 15) is 4.79 Å². The number of ether oxygens (including phenoxy) is 1. The van der Waals surface area contributed by atoms with Crippen molar-refractivity contribution in [2.75, 3.05) is 6.54 Å². The molecule has 2 atom stereocenters. The summed E-state index contributed by atoms with van der Waals surface area (Å²) in [5, 5.41) is 3.16. The van der Waals surface area contributed by atoms with Crippen molar-refractivity contribution in [1.82, 2.24) is 5.32 Å². The average molecular weight is 305 g/mol. The molecular weight excluding hydrogens is 276 g/mol. The Morgan fingerprint density at radius 2 is 1.85 bits per heavy atom. The van der Waals surface area contributed by atoms with Gasteiger partial charge in [-0.05, 0) is 50.4 Å². The van der Waals surface area contributed by atoms with Crippen molar-refractivity contribution < 1.29 is 9.53 Å². The summed E-state index contributed by atoms with van der Waals surface area (Å²) in [6, 6.07) is 0.350. The standard InChI is InChI=1S/C15H28N2O2.ClH/c1-10(2)11-3-5-12(6-4-11)17-15(18)14-8-7-13(9-16)19-14;/h10-14H,3-9,16H2,1-2H3,(H,17,18);1H/t11?,12?,13-,14+;/m1./s1. The maximum absolute atomic E-state index is 12.1. The molecule has 5 heteroatoms. The molecule has 1 saturated carbocycles. The third kappa shape index (κ3) is 4.61. The lowest BCUT2D eigenvalue weighted by atomic mass is 9.79. The van der Waals surface area contributed by atoms with Crippen LogP contribution < -0.4 is 11.1 Å². The van der Waals surface area contributed by atoms with Crippen molar-refractivity contribution in [2.45, 2.75) is 70.6 Å². The minimum absolute atomic E-state index is 0. The van der Waals surface area contributed by atoms with Crippen LogP contribution >= 0.6 is 12.4 Å². The Morgan fingerprint density at radius 3 is 2.35 bits per heavy atom. The number of hydrogen-bond donors (Lipinski definition) is 2. The zero-order valence-corrected chi connectivity index (χ0v) is 13.5. The molecule has 2 rings (SSSR count). The summed E-state index contributed by atoms with van der Waals surface area (Å²) in [5.74, 6) is 1.67. The van der Waals surface area contributed by atoms with Crippen LogP contribution in [0.1, 0.15) is 52.4 Å². The Balaban J connectivity index is 0.00000200. The Morgan fingerprint density at radius 1 is 1.20 bits per heavy atom. The van der Waals surface area contributed by atoms with E-state index in [2.05, 4.69) is 19.2 Å². The van der Waals surface area contributed by atoms with Gasteiger partial charge >= 0.3 is 0 Å². The quantitative estimate of drug-likeness (QED) is 0.837. The Labute approximate surface area is 128 Å². The molecule has 3 N–H and O–H groups in total. The molecule has 20 heavy (non-hydrogen) atoms. The van der Waals surface area contributed by atoms with E-state index in [0.717, 1.165) is 37.5 Å². The lowest BCUT2D eigenvalue weighted by Gasteiger charge is -2.31. The zero-order valence-electron chi connectivity index (χ0n) is 12.6. The molecule has 4 nitrogen and oxygen atoms in total. The number of amides is 1. The number of halogens is 1. The fraction of sp³-hybridized carbons (Fsp3) is 0.933. The predicted molar refractivity (Wildman–Crippen MR) is 82.9 cm³/mol. The first-order valence-electron chi connectivity index (χ1n) is 7.76. The van der Waals surface area contributed by atoms with Crippen molar-refractivity contribution in [3.8, 4) is 0 Å². The third-order valence-electron chi connectivity index (χ3n) is 4.72. The predicted octanol–water partition coefficient (Wildman–Crippen LogP) is 2.25. The Kier molecular flexibility index (Phi) is 7.27. The van der Waals surface area contributed by atoms with Gasteiger partial charge in [0.05, 0.1) is 6.10 Å². The normalized spacial score (nSPS) is 33.8. The van der Waals surface area contributed by atoms with Crippen molar-refractivity contribution in [1.29, 1.82) is 0 Å². The summed E-state index contributed by atoms with van der Waals surface area (Å²) in [6.07, 6.45) is 6.23. The topological polar surface area (TPSA) is 64.4 Å². The van der Waals surface area contributed by atoms with Gasteiger partial charge in [-0.3, -0.25) is 4.79 Å². The van der Waals surface area contributed by atoms with Crippen molar-refractivity contribution in [3.63, 3.8) is 0 Å². The van der Waals surface area contributed by atoms with Gasteiger partial charge in [0.1, 0.15) is 6.10 Å². The second kappa shape index (κ2) is 8.20. The summed E-state index contributed by atoms with van der Waals surface area (Å²) in [7, 11) is 0. The van der Waals surface area contributed by atoms with Crippen LogP contribution in [0.3, 0.4) is 0 Å². The van der Waals surface area contributed by atoms with Crippen LogP contribution in [0.2, 0.25) is 0 Å². The van der Waals surface area contributed by atoms with E-state index < -0.39 is 0 Å². The number of hydrogen-bond acceptors (Lipinski definition) is 3. The second-order valence-corrected chi connectivity index (χ2v) is 6.42. The minimum Gasteiger partial charge on any atom is -0.364 e. The molecular formula is C15H29ClN2O2. The van der Waals surface area contributed by atoms with Crippen LogP contribution in [0.4, 0.5) is 0 Å². The number of nitrogens with one attached hydrogen (secondary N) is 1. The molecule has 0 aromatic heterocycles. The third-order valence-corrected chi connectivity index (χ3v) is 4.72. The Hall–Kier alpha value is -0.320. The number of rotatable bonds is 4. The summed E-state index contributed by atoms with van der Waals surface area (Å²) < 4.78 is 5.64.